The summed E-state index contributed by atoms with van der Waals surface area (Å²) in [5.41, 5.74) is 4.57. The molecule has 3 rings (SSSR count). The van der Waals surface area contributed by atoms with E-state index in [0.717, 1.165) is 29.5 Å². The Bertz CT molecular complexity index is 869. The molecule has 0 aliphatic heterocycles. The van der Waals surface area contributed by atoms with Gasteiger partial charge in [-0.1, -0.05) is 78.9 Å². The lowest BCUT2D eigenvalue weighted by Gasteiger charge is -2.31. The van der Waals surface area contributed by atoms with Crippen LogP contribution in [-0.2, 0) is 22.6 Å². The lowest BCUT2D eigenvalue weighted by Crippen LogP contribution is -2.50. The van der Waals surface area contributed by atoms with Crippen molar-refractivity contribution in [1.29, 1.82) is 0 Å². The van der Waals surface area contributed by atoms with Crippen molar-refractivity contribution in [2.45, 2.75) is 84.3 Å². The molecule has 2 amide bonds. The standard InChI is InChI=1S/C27H36N2O2/c1-20-12-14-23(15-13-20)16-17-26(30)29(19-24-9-7-8-21(2)18-24)22(3)27(31)28-25-10-5-4-6-11-25/h7-9,12-15,18,22,25H,4-6,10-11,16-17,19H2,1-3H3,(H,28,31)/t22-/m0/s1. The Morgan fingerprint density at radius 1 is 0.968 bits per heavy atom. The van der Waals surface area contributed by atoms with Crippen molar-refractivity contribution in [1.82, 2.24) is 10.2 Å². The average Bonchev–Trinajstić information content (AvgIpc) is 2.77. The summed E-state index contributed by atoms with van der Waals surface area (Å²) in [6, 6.07) is 16.2. The predicted octanol–water partition coefficient (Wildman–Crippen LogP) is 5.10. The second kappa shape index (κ2) is 11.1. The van der Waals surface area contributed by atoms with Gasteiger partial charge in [0.15, 0.2) is 0 Å². The van der Waals surface area contributed by atoms with Crippen molar-refractivity contribution in [3.63, 3.8) is 0 Å². The largest absolute Gasteiger partial charge is 0.352 e. The Morgan fingerprint density at radius 2 is 1.68 bits per heavy atom. The minimum Gasteiger partial charge on any atom is -0.352 e. The van der Waals surface area contributed by atoms with Crippen LogP contribution >= 0.6 is 0 Å². The molecule has 4 heteroatoms. The van der Waals surface area contributed by atoms with E-state index < -0.39 is 6.04 Å². The van der Waals surface area contributed by atoms with E-state index in [1.54, 1.807) is 4.90 Å². The molecule has 0 heterocycles. The topological polar surface area (TPSA) is 49.4 Å². The monoisotopic (exact) mass is 420 g/mol. The molecule has 1 aliphatic rings. The van der Waals surface area contributed by atoms with Crippen molar-refractivity contribution in [3.05, 3.63) is 70.8 Å². The Balaban J connectivity index is 1.70. The summed E-state index contributed by atoms with van der Waals surface area (Å²) < 4.78 is 0. The summed E-state index contributed by atoms with van der Waals surface area (Å²) in [7, 11) is 0. The summed E-state index contributed by atoms with van der Waals surface area (Å²) in [5.74, 6) is -0.0170. The molecule has 1 atom stereocenters. The van der Waals surface area contributed by atoms with E-state index >= 15 is 0 Å². The van der Waals surface area contributed by atoms with E-state index in [-0.39, 0.29) is 17.9 Å². The zero-order valence-electron chi connectivity index (χ0n) is 19.2. The number of carbonyl (C=O) groups is 2. The third-order valence-electron chi connectivity index (χ3n) is 6.30. The minimum absolute atomic E-state index is 0.0216. The van der Waals surface area contributed by atoms with Gasteiger partial charge in [-0.3, -0.25) is 9.59 Å². The van der Waals surface area contributed by atoms with Crippen LogP contribution in [0.25, 0.3) is 0 Å². The molecule has 1 fully saturated rings. The molecule has 1 aliphatic carbocycles. The molecular formula is C27H36N2O2. The number of nitrogens with one attached hydrogen (secondary N) is 1. The number of hydrogen-bond acceptors (Lipinski definition) is 2. The lowest BCUT2D eigenvalue weighted by molar-refractivity contribution is -0.141. The molecule has 0 aromatic heterocycles. The van der Waals surface area contributed by atoms with E-state index in [2.05, 4.69) is 42.6 Å². The van der Waals surface area contributed by atoms with Crippen LogP contribution in [0.15, 0.2) is 48.5 Å². The molecule has 1 N–H and O–H groups in total. The molecule has 0 saturated heterocycles. The second-order valence-electron chi connectivity index (χ2n) is 9.02. The molecular weight excluding hydrogens is 384 g/mol. The molecule has 0 radical (unpaired) electrons. The molecule has 2 aromatic rings. The van der Waals surface area contributed by atoms with Crippen LogP contribution in [0, 0.1) is 13.8 Å². The summed E-state index contributed by atoms with van der Waals surface area (Å²) in [6.45, 7) is 6.42. The van der Waals surface area contributed by atoms with E-state index in [9.17, 15) is 9.59 Å². The van der Waals surface area contributed by atoms with Gasteiger partial charge in [-0.25, -0.2) is 0 Å². The molecule has 1 saturated carbocycles. The number of benzene rings is 2. The molecule has 0 bridgehead atoms. The van der Waals surface area contributed by atoms with Crippen molar-refractivity contribution in [2.75, 3.05) is 0 Å². The second-order valence-corrected chi connectivity index (χ2v) is 9.02. The van der Waals surface area contributed by atoms with Gasteiger partial charge in [0.05, 0.1) is 0 Å². The number of carbonyl (C=O) groups excluding carboxylic acids is 2. The molecule has 4 nitrogen and oxygen atoms in total. The maximum absolute atomic E-state index is 13.3. The van der Waals surface area contributed by atoms with Crippen molar-refractivity contribution in [2.24, 2.45) is 0 Å². The smallest absolute Gasteiger partial charge is 0.242 e. The van der Waals surface area contributed by atoms with Crippen LogP contribution in [0.5, 0.6) is 0 Å². The number of nitrogens with zero attached hydrogens (tertiary/aromatic N) is 1. The zero-order chi connectivity index (χ0) is 22.2. The Hall–Kier alpha value is -2.62. The third-order valence-corrected chi connectivity index (χ3v) is 6.30. The molecule has 0 unspecified atom stereocenters. The fourth-order valence-electron chi connectivity index (χ4n) is 4.31. The summed E-state index contributed by atoms with van der Waals surface area (Å²) in [4.78, 5) is 28.0. The van der Waals surface area contributed by atoms with Crippen molar-refractivity contribution < 1.29 is 9.59 Å². The number of hydrogen-bond donors (Lipinski definition) is 1. The maximum Gasteiger partial charge on any atom is 0.242 e. The highest BCUT2D eigenvalue weighted by Crippen LogP contribution is 2.19. The Kier molecular flexibility index (Phi) is 8.27. The quantitative estimate of drug-likeness (QED) is 0.646. The van der Waals surface area contributed by atoms with Crippen LogP contribution in [0.1, 0.15) is 67.7 Å². The van der Waals surface area contributed by atoms with Crippen LogP contribution in [0.4, 0.5) is 0 Å². The van der Waals surface area contributed by atoms with Gasteiger partial charge in [-0.15, -0.1) is 0 Å². The third kappa shape index (κ3) is 6.95. The van der Waals surface area contributed by atoms with Gasteiger partial charge in [0.1, 0.15) is 6.04 Å². The molecule has 166 valence electrons. The van der Waals surface area contributed by atoms with Gasteiger partial charge in [-0.2, -0.15) is 0 Å². The van der Waals surface area contributed by atoms with E-state index in [0.29, 0.717) is 19.4 Å². The number of rotatable bonds is 8. The first-order valence-corrected chi connectivity index (χ1v) is 11.6. The van der Waals surface area contributed by atoms with Gasteiger partial charge >= 0.3 is 0 Å². The van der Waals surface area contributed by atoms with Gasteiger partial charge < -0.3 is 10.2 Å². The average molecular weight is 421 g/mol. The maximum atomic E-state index is 13.3. The minimum atomic E-state index is -0.493. The first-order chi connectivity index (χ1) is 14.9. The highest BCUT2D eigenvalue weighted by atomic mass is 16.2. The zero-order valence-corrected chi connectivity index (χ0v) is 19.2. The van der Waals surface area contributed by atoms with Gasteiger partial charge in [0, 0.05) is 19.0 Å². The Labute approximate surface area is 187 Å². The van der Waals surface area contributed by atoms with Crippen LogP contribution in [0.2, 0.25) is 0 Å². The number of aryl methyl sites for hydroxylation is 3. The summed E-state index contributed by atoms with van der Waals surface area (Å²) in [5, 5.41) is 3.20. The molecule has 31 heavy (non-hydrogen) atoms. The van der Waals surface area contributed by atoms with Gasteiger partial charge in [0.25, 0.3) is 0 Å². The fourth-order valence-corrected chi connectivity index (χ4v) is 4.31. The van der Waals surface area contributed by atoms with Crippen LogP contribution < -0.4 is 5.32 Å². The Morgan fingerprint density at radius 3 is 2.35 bits per heavy atom. The SMILES string of the molecule is Cc1ccc(CCC(=O)N(Cc2cccc(C)c2)[C@@H](C)C(=O)NC2CCCCC2)cc1. The van der Waals surface area contributed by atoms with E-state index in [1.807, 2.05) is 32.0 Å². The van der Waals surface area contributed by atoms with Crippen molar-refractivity contribution >= 4 is 11.8 Å². The first kappa shape index (κ1) is 23.1. The lowest BCUT2D eigenvalue weighted by atomic mass is 9.95. The van der Waals surface area contributed by atoms with E-state index in [4.69, 9.17) is 0 Å². The van der Waals surface area contributed by atoms with Crippen LogP contribution in [-0.4, -0.2) is 28.8 Å². The van der Waals surface area contributed by atoms with Crippen LogP contribution in [0.3, 0.4) is 0 Å². The molecule has 2 aromatic carbocycles. The molecule has 0 spiro atoms. The normalized spacial score (nSPS) is 15.3. The van der Waals surface area contributed by atoms with E-state index in [1.165, 1.54) is 24.8 Å². The summed E-state index contributed by atoms with van der Waals surface area (Å²) in [6.07, 6.45) is 6.74. The highest BCUT2D eigenvalue weighted by molar-refractivity contribution is 5.87. The predicted molar refractivity (Wildman–Crippen MR) is 126 cm³/mol. The van der Waals surface area contributed by atoms with Gasteiger partial charge in [0.2, 0.25) is 11.8 Å². The highest BCUT2D eigenvalue weighted by Gasteiger charge is 2.27. The van der Waals surface area contributed by atoms with Gasteiger partial charge in [-0.05, 0) is 51.2 Å². The van der Waals surface area contributed by atoms with Crippen molar-refractivity contribution in [3.8, 4) is 0 Å². The fraction of sp³-hybridized carbons (Fsp3) is 0.481. The summed E-state index contributed by atoms with van der Waals surface area (Å²) >= 11 is 0. The number of amides is 2. The first-order valence-electron chi connectivity index (χ1n) is 11.6.